The number of nitrogens with two attached hydrogens (primary N) is 1. The zero-order valence-corrected chi connectivity index (χ0v) is 21.8. The van der Waals surface area contributed by atoms with Crippen LogP contribution in [0, 0.1) is 0 Å². The van der Waals surface area contributed by atoms with E-state index in [1.54, 1.807) is 7.05 Å². The number of hydrogen-bond donors (Lipinski definition) is 2. The standard InChI is InChI=1S/C27H36N6O4/c1-18(2)11-14-32-23-24(29-26(32)31-13-5-8-21(28)17-31)30(3)27(37)33(25(23)36)15-12-20-7-4-6-19(16-20)9-10-22(34)35/h4,6-7,11,16,21H,5,8-10,12-15,17,28H2,1-3H3,(H,34,35). The van der Waals surface area contributed by atoms with E-state index in [0.717, 1.165) is 36.1 Å². The van der Waals surface area contributed by atoms with Gasteiger partial charge in [-0.1, -0.05) is 35.9 Å². The summed E-state index contributed by atoms with van der Waals surface area (Å²) >= 11 is 0. The molecule has 0 aliphatic carbocycles. The molecule has 0 spiro atoms. The van der Waals surface area contributed by atoms with Crippen LogP contribution in [0.5, 0.6) is 0 Å². The molecule has 3 N–H and O–H groups in total. The maximum Gasteiger partial charge on any atom is 0.332 e. The molecule has 4 rings (SSSR count). The average molecular weight is 509 g/mol. The number of carbonyl (C=O) groups is 1. The lowest BCUT2D eigenvalue weighted by atomic mass is 10.0. The molecule has 10 nitrogen and oxygen atoms in total. The predicted molar refractivity (Wildman–Crippen MR) is 144 cm³/mol. The van der Waals surface area contributed by atoms with Crippen LogP contribution in [-0.4, -0.2) is 48.9 Å². The number of carboxylic acids is 1. The first kappa shape index (κ1) is 26.4. The Morgan fingerprint density at radius 3 is 2.59 bits per heavy atom. The molecule has 3 heterocycles. The number of rotatable bonds is 9. The molecule has 2 aromatic heterocycles. The molecule has 0 bridgehead atoms. The fraction of sp³-hybridized carbons (Fsp3) is 0.481. The van der Waals surface area contributed by atoms with Gasteiger partial charge >= 0.3 is 11.7 Å². The van der Waals surface area contributed by atoms with Crippen molar-refractivity contribution in [1.82, 2.24) is 18.7 Å². The molecule has 10 heteroatoms. The second-order valence-electron chi connectivity index (χ2n) is 10.1. The van der Waals surface area contributed by atoms with E-state index in [1.165, 1.54) is 9.13 Å². The molecule has 0 radical (unpaired) electrons. The molecule has 37 heavy (non-hydrogen) atoms. The monoisotopic (exact) mass is 508 g/mol. The quantitative estimate of drug-likeness (QED) is 0.423. The van der Waals surface area contributed by atoms with Crippen molar-refractivity contribution in [3.8, 4) is 0 Å². The van der Waals surface area contributed by atoms with Crippen molar-refractivity contribution < 1.29 is 9.90 Å². The van der Waals surface area contributed by atoms with Crippen LogP contribution in [0.4, 0.5) is 5.95 Å². The largest absolute Gasteiger partial charge is 0.481 e. The van der Waals surface area contributed by atoms with Crippen molar-refractivity contribution in [1.29, 1.82) is 0 Å². The number of imidazole rings is 1. The second kappa shape index (κ2) is 11.2. The van der Waals surface area contributed by atoms with E-state index in [-0.39, 0.29) is 24.6 Å². The Bertz CT molecular complexity index is 1440. The molecule has 1 atom stereocenters. The van der Waals surface area contributed by atoms with E-state index >= 15 is 0 Å². The first-order valence-electron chi connectivity index (χ1n) is 12.8. The average Bonchev–Trinajstić information content (AvgIpc) is 3.25. The number of carboxylic acid groups (broad SMARTS) is 1. The third-order valence-corrected chi connectivity index (χ3v) is 6.88. The molecular weight excluding hydrogens is 472 g/mol. The minimum atomic E-state index is -0.843. The first-order chi connectivity index (χ1) is 17.7. The van der Waals surface area contributed by atoms with Gasteiger partial charge in [0.1, 0.15) is 0 Å². The van der Waals surface area contributed by atoms with Crippen LogP contribution in [0.3, 0.4) is 0 Å². The highest BCUT2D eigenvalue weighted by Crippen LogP contribution is 2.23. The highest BCUT2D eigenvalue weighted by molar-refractivity contribution is 5.74. The Balaban J connectivity index is 1.74. The Morgan fingerprint density at radius 2 is 1.92 bits per heavy atom. The Kier molecular flexibility index (Phi) is 7.97. The van der Waals surface area contributed by atoms with Crippen molar-refractivity contribution in [2.45, 2.75) is 65.1 Å². The number of hydrogen-bond acceptors (Lipinski definition) is 6. The number of aliphatic carboxylic acids is 1. The maximum atomic E-state index is 13.8. The highest BCUT2D eigenvalue weighted by atomic mass is 16.4. The van der Waals surface area contributed by atoms with Gasteiger partial charge in [-0.25, -0.2) is 4.79 Å². The zero-order valence-electron chi connectivity index (χ0n) is 21.8. The maximum absolute atomic E-state index is 13.8. The van der Waals surface area contributed by atoms with Crippen molar-refractivity contribution in [2.24, 2.45) is 12.8 Å². The van der Waals surface area contributed by atoms with Crippen LogP contribution < -0.4 is 21.9 Å². The van der Waals surface area contributed by atoms with Crippen molar-refractivity contribution >= 4 is 23.1 Å². The third-order valence-electron chi connectivity index (χ3n) is 6.88. The molecule has 0 saturated carbocycles. The minimum absolute atomic E-state index is 0.0391. The molecule has 1 saturated heterocycles. The summed E-state index contributed by atoms with van der Waals surface area (Å²) in [6, 6.07) is 7.67. The number of fused-ring (bicyclic) bond motifs is 1. The Hall–Kier alpha value is -3.66. The van der Waals surface area contributed by atoms with E-state index in [1.807, 2.05) is 48.8 Å². The summed E-state index contributed by atoms with van der Waals surface area (Å²) < 4.78 is 4.64. The van der Waals surface area contributed by atoms with Gasteiger partial charge in [-0.3, -0.25) is 18.7 Å². The Labute approximate surface area is 215 Å². The van der Waals surface area contributed by atoms with Gasteiger partial charge in [0.2, 0.25) is 5.95 Å². The molecule has 1 unspecified atom stereocenters. The molecule has 1 aromatic carbocycles. The van der Waals surface area contributed by atoms with Crippen LogP contribution in [-0.2, 0) is 37.8 Å². The van der Waals surface area contributed by atoms with E-state index in [4.69, 9.17) is 15.8 Å². The van der Waals surface area contributed by atoms with Crippen molar-refractivity contribution in [3.05, 3.63) is 67.9 Å². The smallest absolute Gasteiger partial charge is 0.332 e. The summed E-state index contributed by atoms with van der Waals surface area (Å²) in [7, 11) is 1.65. The number of aryl methyl sites for hydroxylation is 3. The van der Waals surface area contributed by atoms with Gasteiger partial charge in [-0.2, -0.15) is 4.98 Å². The highest BCUT2D eigenvalue weighted by Gasteiger charge is 2.26. The summed E-state index contributed by atoms with van der Waals surface area (Å²) in [5.74, 6) is -0.178. The second-order valence-corrected chi connectivity index (χ2v) is 10.1. The predicted octanol–water partition coefficient (Wildman–Crippen LogP) is 2.05. The molecule has 1 aliphatic rings. The summed E-state index contributed by atoms with van der Waals surface area (Å²) in [5, 5.41) is 8.96. The molecule has 1 fully saturated rings. The topological polar surface area (TPSA) is 128 Å². The van der Waals surface area contributed by atoms with Gasteiger partial charge in [-0.05, 0) is 50.7 Å². The van der Waals surface area contributed by atoms with Crippen LogP contribution >= 0.6 is 0 Å². The number of anilines is 1. The van der Waals surface area contributed by atoms with E-state index in [0.29, 0.717) is 43.0 Å². The normalized spacial score (nSPS) is 15.8. The zero-order chi connectivity index (χ0) is 26.7. The van der Waals surface area contributed by atoms with Gasteiger partial charge in [-0.15, -0.1) is 0 Å². The van der Waals surface area contributed by atoms with Gasteiger partial charge in [0.25, 0.3) is 5.56 Å². The number of aromatic nitrogens is 4. The summed E-state index contributed by atoms with van der Waals surface area (Å²) in [6.45, 7) is 6.15. The van der Waals surface area contributed by atoms with Crippen molar-refractivity contribution in [3.63, 3.8) is 0 Å². The lowest BCUT2D eigenvalue weighted by molar-refractivity contribution is -0.136. The molecule has 1 aliphatic heterocycles. The van der Waals surface area contributed by atoms with Crippen LogP contribution in [0.25, 0.3) is 11.2 Å². The fourth-order valence-electron chi connectivity index (χ4n) is 4.87. The van der Waals surface area contributed by atoms with Crippen molar-refractivity contribution in [2.75, 3.05) is 18.0 Å². The first-order valence-corrected chi connectivity index (χ1v) is 12.8. The number of benzene rings is 1. The number of piperidine rings is 1. The summed E-state index contributed by atoms with van der Waals surface area (Å²) in [5.41, 5.74) is 9.23. The van der Waals surface area contributed by atoms with Gasteiger partial charge < -0.3 is 20.3 Å². The van der Waals surface area contributed by atoms with Gasteiger partial charge in [0.15, 0.2) is 11.2 Å². The Morgan fingerprint density at radius 1 is 1.19 bits per heavy atom. The molecule has 3 aromatic rings. The van der Waals surface area contributed by atoms with Crippen LogP contribution in [0.1, 0.15) is 44.2 Å². The fourth-order valence-corrected chi connectivity index (χ4v) is 4.87. The van der Waals surface area contributed by atoms with Crippen LogP contribution in [0.2, 0.25) is 0 Å². The third kappa shape index (κ3) is 5.85. The number of allylic oxidation sites excluding steroid dienone is 2. The van der Waals surface area contributed by atoms with Crippen LogP contribution in [0.15, 0.2) is 45.5 Å². The molecule has 198 valence electrons. The van der Waals surface area contributed by atoms with Gasteiger partial charge in [0.05, 0.1) is 0 Å². The summed E-state index contributed by atoms with van der Waals surface area (Å²) in [4.78, 5) is 44.8. The lowest BCUT2D eigenvalue weighted by Gasteiger charge is -2.31. The van der Waals surface area contributed by atoms with E-state index in [2.05, 4.69) is 4.90 Å². The summed E-state index contributed by atoms with van der Waals surface area (Å²) in [6.07, 6.45) is 4.90. The lowest BCUT2D eigenvalue weighted by Crippen LogP contribution is -2.44. The van der Waals surface area contributed by atoms with Gasteiger partial charge in [0, 0.05) is 45.7 Å². The SMILES string of the molecule is CC(C)=CCn1c(N2CCCC(N)C2)nc2c1c(=O)n(CCc1cccc(CCC(=O)O)c1)c(=O)n2C. The minimum Gasteiger partial charge on any atom is -0.481 e. The molecule has 0 amide bonds. The molecular formula is C27H36N6O4. The number of nitrogens with zero attached hydrogens (tertiary/aromatic N) is 5. The van der Waals surface area contributed by atoms with E-state index < -0.39 is 11.7 Å². The van der Waals surface area contributed by atoms with E-state index in [9.17, 15) is 14.4 Å².